The zero-order valence-corrected chi connectivity index (χ0v) is 16.9. The van der Waals surface area contributed by atoms with Crippen molar-refractivity contribution >= 4 is 11.9 Å². The largest absolute Gasteiger partial charge is 0.497 e. The lowest BCUT2D eigenvalue weighted by Crippen LogP contribution is -2.45. The van der Waals surface area contributed by atoms with Crippen molar-refractivity contribution in [3.63, 3.8) is 0 Å². The van der Waals surface area contributed by atoms with Crippen molar-refractivity contribution in [2.45, 2.75) is 31.7 Å². The highest BCUT2D eigenvalue weighted by Crippen LogP contribution is 2.18. The minimum absolute atomic E-state index is 0.0106. The second kappa shape index (κ2) is 10.6. The van der Waals surface area contributed by atoms with Crippen molar-refractivity contribution in [3.8, 4) is 11.5 Å². The zero-order chi connectivity index (χ0) is 19.6. The van der Waals surface area contributed by atoms with Crippen molar-refractivity contribution < 1.29 is 14.3 Å². The van der Waals surface area contributed by atoms with E-state index in [0.29, 0.717) is 19.2 Å². The molecule has 2 rings (SSSR count). The van der Waals surface area contributed by atoms with E-state index >= 15 is 0 Å². The van der Waals surface area contributed by atoms with Crippen LogP contribution >= 0.6 is 0 Å². The zero-order valence-electron chi connectivity index (χ0n) is 16.9. The normalized spacial score (nSPS) is 14.7. The number of carbonyl (C=O) groups is 1. The Morgan fingerprint density at radius 2 is 1.78 bits per heavy atom. The molecule has 0 atom stereocenters. The third kappa shape index (κ3) is 7.00. The van der Waals surface area contributed by atoms with Gasteiger partial charge in [-0.25, -0.2) is 4.99 Å². The number of hydrogen-bond acceptors (Lipinski definition) is 4. The summed E-state index contributed by atoms with van der Waals surface area (Å²) in [7, 11) is 7.10. The number of guanidine groups is 1. The standard InChI is InChI=1S/C20H32N4O3/c1-23(2)19(25)15-21-20(22-16-7-5-6-8-16)24(3)13-14-27-18-11-9-17(26-4)10-12-18/h9-12,16H,5-8,13-15H2,1-4H3,(H,21,22). The molecule has 7 nitrogen and oxygen atoms in total. The number of nitrogens with zero attached hydrogens (tertiary/aromatic N) is 3. The molecule has 0 saturated heterocycles. The predicted molar refractivity (Wildman–Crippen MR) is 108 cm³/mol. The summed E-state index contributed by atoms with van der Waals surface area (Å²) in [5.74, 6) is 2.36. The Morgan fingerprint density at radius 1 is 1.15 bits per heavy atom. The number of methoxy groups -OCH3 is 1. The van der Waals surface area contributed by atoms with Gasteiger partial charge in [0.1, 0.15) is 24.7 Å². The van der Waals surface area contributed by atoms with Gasteiger partial charge in [-0.1, -0.05) is 12.8 Å². The van der Waals surface area contributed by atoms with Gasteiger partial charge in [0.15, 0.2) is 5.96 Å². The van der Waals surface area contributed by atoms with Crippen LogP contribution in [0.3, 0.4) is 0 Å². The highest BCUT2D eigenvalue weighted by atomic mass is 16.5. The molecule has 1 aromatic carbocycles. The van der Waals surface area contributed by atoms with Gasteiger partial charge < -0.3 is 24.6 Å². The molecule has 0 aliphatic heterocycles. The Kier molecular flexibility index (Phi) is 8.23. The van der Waals surface area contributed by atoms with Crippen LogP contribution in [0.4, 0.5) is 0 Å². The molecule has 0 radical (unpaired) electrons. The monoisotopic (exact) mass is 376 g/mol. The Morgan fingerprint density at radius 3 is 2.37 bits per heavy atom. The Balaban J connectivity index is 1.89. The molecule has 1 saturated carbocycles. The maximum absolute atomic E-state index is 11.9. The first-order chi connectivity index (χ1) is 13.0. The van der Waals surface area contributed by atoms with Crippen molar-refractivity contribution in [2.24, 2.45) is 4.99 Å². The molecule has 0 heterocycles. The molecule has 0 aromatic heterocycles. The van der Waals surface area contributed by atoms with Gasteiger partial charge in [-0.3, -0.25) is 4.79 Å². The topological polar surface area (TPSA) is 66.4 Å². The first-order valence-electron chi connectivity index (χ1n) is 9.48. The van der Waals surface area contributed by atoms with Crippen LogP contribution in [0.15, 0.2) is 29.3 Å². The number of carbonyl (C=O) groups excluding carboxylic acids is 1. The second-order valence-corrected chi connectivity index (χ2v) is 7.00. The molecule has 1 fully saturated rings. The quantitative estimate of drug-likeness (QED) is 0.555. The van der Waals surface area contributed by atoms with Crippen molar-refractivity contribution in [1.29, 1.82) is 0 Å². The molecule has 7 heteroatoms. The highest BCUT2D eigenvalue weighted by Gasteiger charge is 2.18. The number of likely N-dealkylation sites (N-methyl/N-ethyl adjacent to an activating group) is 2. The van der Waals surface area contributed by atoms with Crippen LogP contribution in [-0.4, -0.2) is 75.7 Å². The lowest BCUT2D eigenvalue weighted by Gasteiger charge is -2.25. The smallest absolute Gasteiger partial charge is 0.243 e. The SMILES string of the molecule is COc1ccc(OCCN(C)C(=NCC(=O)N(C)C)NC2CCCC2)cc1. The van der Waals surface area contributed by atoms with E-state index in [-0.39, 0.29) is 12.5 Å². The summed E-state index contributed by atoms with van der Waals surface area (Å²) in [4.78, 5) is 20.0. The lowest BCUT2D eigenvalue weighted by atomic mass is 10.2. The van der Waals surface area contributed by atoms with Gasteiger partial charge in [-0.15, -0.1) is 0 Å². The molecule has 0 spiro atoms. The third-order valence-corrected chi connectivity index (χ3v) is 4.67. The molecular weight excluding hydrogens is 344 g/mol. The third-order valence-electron chi connectivity index (χ3n) is 4.67. The molecule has 1 aliphatic carbocycles. The molecule has 1 N–H and O–H groups in total. The van der Waals surface area contributed by atoms with E-state index in [9.17, 15) is 4.79 Å². The van der Waals surface area contributed by atoms with Gasteiger partial charge >= 0.3 is 0 Å². The number of rotatable bonds is 8. The number of benzene rings is 1. The van der Waals surface area contributed by atoms with E-state index in [2.05, 4.69) is 10.3 Å². The molecule has 1 amide bonds. The Labute approximate surface area is 162 Å². The van der Waals surface area contributed by atoms with Crippen molar-refractivity contribution in [3.05, 3.63) is 24.3 Å². The molecule has 0 unspecified atom stereocenters. The van der Waals surface area contributed by atoms with Crippen molar-refractivity contribution in [2.75, 3.05) is 47.9 Å². The minimum Gasteiger partial charge on any atom is -0.497 e. The Bertz CT molecular complexity index is 610. The Hall–Kier alpha value is -2.44. The van der Waals surface area contributed by atoms with Crippen LogP contribution in [0, 0.1) is 0 Å². The van der Waals surface area contributed by atoms with E-state index < -0.39 is 0 Å². The molecule has 150 valence electrons. The first-order valence-corrected chi connectivity index (χ1v) is 9.48. The summed E-state index contributed by atoms with van der Waals surface area (Å²) in [6, 6.07) is 7.96. The fourth-order valence-electron chi connectivity index (χ4n) is 2.89. The number of ether oxygens (including phenoxy) is 2. The van der Waals surface area contributed by atoms with Crippen LogP contribution in [-0.2, 0) is 4.79 Å². The van der Waals surface area contributed by atoms with Crippen LogP contribution in [0.1, 0.15) is 25.7 Å². The van der Waals surface area contributed by atoms with Gasteiger partial charge in [0.05, 0.1) is 13.7 Å². The van der Waals surface area contributed by atoms with Crippen molar-refractivity contribution in [1.82, 2.24) is 15.1 Å². The summed E-state index contributed by atoms with van der Waals surface area (Å²) in [6.45, 7) is 1.34. The highest BCUT2D eigenvalue weighted by molar-refractivity contribution is 5.84. The summed E-state index contributed by atoms with van der Waals surface area (Å²) >= 11 is 0. The molecule has 0 bridgehead atoms. The number of nitrogens with one attached hydrogen (secondary N) is 1. The molecule has 27 heavy (non-hydrogen) atoms. The second-order valence-electron chi connectivity index (χ2n) is 7.00. The first kappa shape index (κ1) is 20.9. The number of aliphatic imine (C=N–C) groups is 1. The lowest BCUT2D eigenvalue weighted by molar-refractivity contribution is -0.127. The van der Waals surface area contributed by atoms with Crippen LogP contribution in [0.25, 0.3) is 0 Å². The average Bonchev–Trinajstić information content (AvgIpc) is 3.18. The minimum atomic E-state index is -0.0106. The number of amides is 1. The van der Waals surface area contributed by atoms with E-state index in [0.717, 1.165) is 30.3 Å². The van der Waals surface area contributed by atoms with Gasteiger partial charge in [0, 0.05) is 27.2 Å². The maximum Gasteiger partial charge on any atom is 0.243 e. The van der Waals surface area contributed by atoms with Crippen LogP contribution in [0.2, 0.25) is 0 Å². The van der Waals surface area contributed by atoms with Crippen LogP contribution in [0.5, 0.6) is 11.5 Å². The van der Waals surface area contributed by atoms with Gasteiger partial charge in [-0.05, 0) is 37.1 Å². The summed E-state index contributed by atoms with van der Waals surface area (Å²) < 4.78 is 11.0. The van der Waals surface area contributed by atoms with E-state index in [4.69, 9.17) is 9.47 Å². The van der Waals surface area contributed by atoms with Crippen LogP contribution < -0.4 is 14.8 Å². The van der Waals surface area contributed by atoms with Gasteiger partial charge in [-0.2, -0.15) is 0 Å². The predicted octanol–water partition coefficient (Wildman–Crippen LogP) is 1.98. The van der Waals surface area contributed by atoms with Gasteiger partial charge in [0.2, 0.25) is 5.91 Å². The fourth-order valence-corrected chi connectivity index (χ4v) is 2.89. The summed E-state index contributed by atoms with van der Waals surface area (Å²) in [5.41, 5.74) is 0. The van der Waals surface area contributed by atoms with Gasteiger partial charge in [0.25, 0.3) is 0 Å². The molecule has 1 aromatic rings. The summed E-state index contributed by atoms with van der Waals surface area (Å²) in [6.07, 6.45) is 4.78. The van der Waals surface area contributed by atoms with E-state index in [1.807, 2.05) is 36.2 Å². The summed E-state index contributed by atoms with van der Waals surface area (Å²) in [5, 5.41) is 3.51. The maximum atomic E-state index is 11.9. The number of hydrogen-bond donors (Lipinski definition) is 1. The van der Waals surface area contributed by atoms with E-state index in [1.165, 1.54) is 12.8 Å². The fraction of sp³-hybridized carbons (Fsp3) is 0.600. The molecule has 1 aliphatic rings. The van der Waals surface area contributed by atoms with E-state index in [1.54, 1.807) is 26.1 Å². The average molecular weight is 377 g/mol. The molecular formula is C20H32N4O3.